The Labute approximate surface area is 171 Å². The summed E-state index contributed by atoms with van der Waals surface area (Å²) < 4.78 is 5.41. The van der Waals surface area contributed by atoms with Gasteiger partial charge in [0.25, 0.3) is 0 Å². The Kier molecular flexibility index (Phi) is 6.54. The Hall–Kier alpha value is -3.28. The first kappa shape index (κ1) is 20.5. The van der Waals surface area contributed by atoms with Gasteiger partial charge in [-0.2, -0.15) is 0 Å². The molecule has 0 aromatic heterocycles. The zero-order valence-electron chi connectivity index (χ0n) is 17.1. The molecule has 3 rings (SSSR count). The zero-order valence-corrected chi connectivity index (χ0v) is 17.1. The second kappa shape index (κ2) is 9.28. The molecule has 0 saturated heterocycles. The van der Waals surface area contributed by atoms with Gasteiger partial charge >= 0.3 is 6.03 Å². The topological polar surface area (TPSA) is 63.2 Å². The van der Waals surface area contributed by atoms with E-state index >= 15 is 0 Å². The van der Waals surface area contributed by atoms with Crippen LogP contribution in [0.3, 0.4) is 0 Å². The summed E-state index contributed by atoms with van der Waals surface area (Å²) in [4.78, 5) is 20.1. The molecule has 0 spiro atoms. The zero-order chi connectivity index (χ0) is 20.8. The number of nitrogens with one attached hydrogen (secondary N) is 1. The van der Waals surface area contributed by atoms with Crippen molar-refractivity contribution in [3.63, 3.8) is 0 Å². The number of hydrogen-bond acceptors (Lipinski definition) is 4. The molecule has 6 nitrogen and oxygen atoms in total. The Morgan fingerprint density at radius 3 is 2.86 bits per heavy atom. The van der Waals surface area contributed by atoms with Crippen LogP contribution in [0.5, 0.6) is 5.75 Å². The van der Waals surface area contributed by atoms with Gasteiger partial charge in [-0.1, -0.05) is 41.1 Å². The molecule has 1 atom stereocenters. The van der Waals surface area contributed by atoms with Crippen LogP contribution in [0.25, 0.3) is 0 Å². The van der Waals surface area contributed by atoms with Gasteiger partial charge in [0.1, 0.15) is 5.75 Å². The first-order valence-corrected chi connectivity index (χ1v) is 9.62. The number of nitrogens with zero attached hydrogens (tertiary/aromatic N) is 2. The summed E-state index contributed by atoms with van der Waals surface area (Å²) in [6.45, 7) is 8.60. The molecule has 2 amide bonds. The van der Waals surface area contributed by atoms with Crippen LogP contribution in [0.1, 0.15) is 23.1 Å². The summed E-state index contributed by atoms with van der Waals surface area (Å²) in [7, 11) is 1.63. The summed E-state index contributed by atoms with van der Waals surface area (Å²) in [5, 5.41) is 7.21. The van der Waals surface area contributed by atoms with Gasteiger partial charge in [0.05, 0.1) is 19.4 Å². The number of carbonyl (C=O) groups is 1. The number of urea groups is 1. The van der Waals surface area contributed by atoms with E-state index in [1.54, 1.807) is 18.1 Å². The number of para-hydroxylation sites is 1. The number of carbonyl (C=O) groups excluding carboxylic acids is 1. The molecule has 6 heteroatoms. The maximum atomic E-state index is 12.8. The molecule has 0 fully saturated rings. The number of anilines is 1. The molecule has 29 heavy (non-hydrogen) atoms. The fourth-order valence-electron chi connectivity index (χ4n) is 3.36. The third kappa shape index (κ3) is 4.96. The highest BCUT2D eigenvalue weighted by atomic mass is 16.6. The van der Waals surface area contributed by atoms with Crippen molar-refractivity contribution in [2.45, 2.75) is 26.4 Å². The standard InChI is InChI=1S/C23H27N3O3/c1-5-12-26(23(27)24-20-11-10-16(2)13-17(20)3)15-18-14-21(25-29-18)19-8-6-7-9-22(19)28-4/h5-11,13,18H,1,12,14-15H2,2-4H3,(H,24,27). The van der Waals surface area contributed by atoms with Crippen LogP contribution in [0, 0.1) is 13.8 Å². The highest BCUT2D eigenvalue weighted by Crippen LogP contribution is 2.25. The SMILES string of the molecule is C=CCN(CC1CC(c2ccccc2OC)=NO1)C(=O)Nc1ccc(C)cc1C. The van der Waals surface area contributed by atoms with Gasteiger partial charge in [0.15, 0.2) is 6.10 Å². The van der Waals surface area contributed by atoms with E-state index in [2.05, 4.69) is 17.1 Å². The van der Waals surface area contributed by atoms with E-state index in [1.807, 2.05) is 56.3 Å². The fourth-order valence-corrected chi connectivity index (χ4v) is 3.36. The van der Waals surface area contributed by atoms with Crippen LogP contribution >= 0.6 is 0 Å². The van der Waals surface area contributed by atoms with Crippen molar-refractivity contribution in [2.75, 3.05) is 25.5 Å². The summed E-state index contributed by atoms with van der Waals surface area (Å²) in [6.07, 6.45) is 2.09. The van der Waals surface area contributed by atoms with Gasteiger partial charge in [-0.25, -0.2) is 4.79 Å². The fraction of sp³-hybridized carbons (Fsp3) is 0.304. The molecule has 1 aliphatic rings. The number of oxime groups is 1. The predicted octanol–water partition coefficient (Wildman–Crippen LogP) is 4.53. The lowest BCUT2D eigenvalue weighted by Crippen LogP contribution is -2.40. The first-order valence-electron chi connectivity index (χ1n) is 9.62. The van der Waals surface area contributed by atoms with Crippen molar-refractivity contribution in [3.05, 3.63) is 71.8 Å². The second-order valence-electron chi connectivity index (χ2n) is 7.11. The summed E-state index contributed by atoms with van der Waals surface area (Å²) >= 11 is 0. The van der Waals surface area contributed by atoms with E-state index in [9.17, 15) is 4.79 Å². The Balaban J connectivity index is 1.65. The van der Waals surface area contributed by atoms with Crippen LogP contribution in [0.4, 0.5) is 10.5 Å². The van der Waals surface area contributed by atoms with Crippen LogP contribution in [0.2, 0.25) is 0 Å². The lowest BCUT2D eigenvalue weighted by atomic mass is 10.0. The van der Waals surface area contributed by atoms with Crippen molar-refractivity contribution in [2.24, 2.45) is 5.16 Å². The molecule has 0 saturated carbocycles. The van der Waals surface area contributed by atoms with Crippen LogP contribution in [0.15, 0.2) is 60.3 Å². The summed E-state index contributed by atoms with van der Waals surface area (Å²) in [6, 6.07) is 13.5. The largest absolute Gasteiger partial charge is 0.496 e. The molecule has 1 N–H and O–H groups in total. The molecule has 0 aliphatic carbocycles. The van der Waals surface area contributed by atoms with E-state index in [4.69, 9.17) is 9.57 Å². The lowest BCUT2D eigenvalue weighted by Gasteiger charge is -2.24. The van der Waals surface area contributed by atoms with E-state index in [-0.39, 0.29) is 12.1 Å². The molecular weight excluding hydrogens is 366 g/mol. The maximum absolute atomic E-state index is 12.8. The smallest absolute Gasteiger partial charge is 0.322 e. The van der Waals surface area contributed by atoms with E-state index in [0.717, 1.165) is 33.8 Å². The quantitative estimate of drug-likeness (QED) is 0.703. The molecule has 1 aliphatic heterocycles. The van der Waals surface area contributed by atoms with Gasteiger partial charge in [0, 0.05) is 24.2 Å². The predicted molar refractivity (Wildman–Crippen MR) is 116 cm³/mol. The van der Waals surface area contributed by atoms with E-state index in [0.29, 0.717) is 19.5 Å². The van der Waals surface area contributed by atoms with Crippen LogP contribution < -0.4 is 10.1 Å². The van der Waals surface area contributed by atoms with Crippen molar-refractivity contribution >= 4 is 17.4 Å². The number of aryl methyl sites for hydroxylation is 2. The molecular formula is C23H27N3O3. The van der Waals surface area contributed by atoms with Gasteiger partial charge < -0.3 is 19.8 Å². The molecule has 1 unspecified atom stereocenters. The minimum atomic E-state index is -0.222. The van der Waals surface area contributed by atoms with Gasteiger partial charge in [-0.05, 0) is 37.6 Å². The number of methoxy groups -OCH3 is 1. The number of ether oxygens (including phenoxy) is 1. The minimum absolute atomic E-state index is 0.189. The van der Waals surface area contributed by atoms with Gasteiger partial charge in [-0.3, -0.25) is 0 Å². The normalized spacial score (nSPS) is 15.3. The third-order valence-corrected chi connectivity index (χ3v) is 4.84. The highest BCUT2D eigenvalue weighted by molar-refractivity contribution is 6.03. The van der Waals surface area contributed by atoms with Crippen molar-refractivity contribution < 1.29 is 14.4 Å². The average Bonchev–Trinajstić information content (AvgIpc) is 3.18. The third-order valence-electron chi connectivity index (χ3n) is 4.84. The van der Waals surface area contributed by atoms with Crippen LogP contribution in [-0.4, -0.2) is 42.9 Å². The molecule has 2 aromatic carbocycles. The van der Waals surface area contributed by atoms with Gasteiger partial charge in [-0.15, -0.1) is 6.58 Å². The Morgan fingerprint density at radius 1 is 1.34 bits per heavy atom. The Bertz CT molecular complexity index is 923. The van der Waals surface area contributed by atoms with E-state index < -0.39 is 0 Å². The lowest BCUT2D eigenvalue weighted by molar-refractivity contribution is 0.0645. The van der Waals surface area contributed by atoms with Crippen molar-refractivity contribution in [3.8, 4) is 5.75 Å². The second-order valence-corrected chi connectivity index (χ2v) is 7.11. The summed E-state index contributed by atoms with van der Waals surface area (Å²) in [5.41, 5.74) is 4.71. The Morgan fingerprint density at radius 2 is 2.14 bits per heavy atom. The highest BCUT2D eigenvalue weighted by Gasteiger charge is 2.27. The summed E-state index contributed by atoms with van der Waals surface area (Å²) in [5.74, 6) is 0.756. The number of benzene rings is 2. The minimum Gasteiger partial charge on any atom is -0.496 e. The molecule has 0 bridgehead atoms. The van der Waals surface area contributed by atoms with Crippen molar-refractivity contribution in [1.29, 1.82) is 0 Å². The molecule has 1 heterocycles. The number of hydrogen-bond donors (Lipinski definition) is 1. The molecule has 152 valence electrons. The molecule has 0 radical (unpaired) electrons. The number of rotatable bonds is 7. The van der Waals surface area contributed by atoms with Crippen LogP contribution in [-0.2, 0) is 4.84 Å². The van der Waals surface area contributed by atoms with E-state index in [1.165, 1.54) is 0 Å². The average molecular weight is 393 g/mol. The first-order chi connectivity index (χ1) is 14.0. The molecule has 2 aromatic rings. The monoisotopic (exact) mass is 393 g/mol. The number of amides is 2. The van der Waals surface area contributed by atoms with Gasteiger partial charge in [0.2, 0.25) is 0 Å². The van der Waals surface area contributed by atoms with Crippen molar-refractivity contribution in [1.82, 2.24) is 4.90 Å². The maximum Gasteiger partial charge on any atom is 0.322 e.